The minimum atomic E-state index is -0.263. The normalized spacial score (nSPS) is 16.4. The summed E-state index contributed by atoms with van der Waals surface area (Å²) in [5.74, 6) is 0.794. The first-order valence-corrected chi connectivity index (χ1v) is 12.5. The number of rotatable bonds is 9. The zero-order chi connectivity index (χ0) is 24.2. The van der Waals surface area contributed by atoms with E-state index in [1.54, 1.807) is 4.90 Å². The van der Waals surface area contributed by atoms with Crippen LogP contribution in [0, 0.1) is 0 Å². The highest BCUT2D eigenvalue weighted by Gasteiger charge is 2.38. The van der Waals surface area contributed by atoms with Gasteiger partial charge in [-0.25, -0.2) is 4.98 Å². The van der Waals surface area contributed by atoms with Crippen LogP contribution in [0.15, 0.2) is 67.0 Å². The third-order valence-corrected chi connectivity index (χ3v) is 7.07. The Balaban J connectivity index is 1.45. The molecule has 3 heterocycles. The summed E-state index contributed by atoms with van der Waals surface area (Å²) in [4.78, 5) is 28.6. The fraction of sp³-hybridized carbons (Fsp3) is 0.296. The molecule has 4 aromatic rings. The maximum absolute atomic E-state index is 13.2. The summed E-state index contributed by atoms with van der Waals surface area (Å²) in [5.41, 5.74) is 9.85. The Morgan fingerprint density at radius 2 is 1.86 bits per heavy atom. The molecule has 2 aromatic carbocycles. The first-order chi connectivity index (χ1) is 17.2. The van der Waals surface area contributed by atoms with Crippen molar-refractivity contribution in [2.75, 3.05) is 13.1 Å². The number of para-hydroxylation sites is 1. The van der Waals surface area contributed by atoms with E-state index in [1.807, 2.05) is 54.9 Å². The van der Waals surface area contributed by atoms with Crippen molar-refractivity contribution in [3.63, 3.8) is 0 Å². The van der Waals surface area contributed by atoms with Crippen molar-refractivity contribution < 1.29 is 4.79 Å². The molecule has 0 spiro atoms. The number of aromatic nitrogens is 3. The smallest absolute Gasteiger partial charge is 0.231 e. The number of nitrogens with one attached hydrogen (secondary N) is 2. The molecule has 0 saturated carbocycles. The van der Waals surface area contributed by atoms with Crippen LogP contribution in [-0.4, -0.2) is 48.9 Å². The molecule has 0 radical (unpaired) electrons. The molecule has 2 aromatic heterocycles. The van der Waals surface area contributed by atoms with E-state index >= 15 is 0 Å². The minimum absolute atomic E-state index is 0.0422. The van der Waals surface area contributed by atoms with Crippen LogP contribution in [0.1, 0.15) is 43.1 Å². The Kier molecular flexibility index (Phi) is 6.92. The van der Waals surface area contributed by atoms with Crippen LogP contribution in [-0.2, 0) is 11.3 Å². The van der Waals surface area contributed by atoms with Crippen LogP contribution in [0.3, 0.4) is 0 Å². The topological polar surface area (TPSA) is 94.0 Å². The summed E-state index contributed by atoms with van der Waals surface area (Å²) in [6.07, 6.45) is 7.00. The molecule has 8 heteroatoms. The molecule has 1 aliphatic rings. The summed E-state index contributed by atoms with van der Waals surface area (Å²) in [5, 5.41) is 1.71. The number of imidazole rings is 1. The molecule has 1 atom stereocenters. The maximum Gasteiger partial charge on any atom is 0.231 e. The Hall–Kier alpha value is -3.49. The number of fused-ring (bicyclic) bond motifs is 1. The molecule has 0 aliphatic carbocycles. The number of carbonyl (C=O) groups excluding carboxylic acids is 1. The van der Waals surface area contributed by atoms with E-state index in [4.69, 9.17) is 18.0 Å². The Morgan fingerprint density at radius 1 is 1.06 bits per heavy atom. The Morgan fingerprint density at radius 3 is 2.69 bits per heavy atom. The number of nitrogens with zero attached hydrogens (tertiary/aromatic N) is 3. The number of H-pyrrole nitrogens is 2. The van der Waals surface area contributed by atoms with Crippen molar-refractivity contribution in [1.29, 1.82) is 0 Å². The van der Waals surface area contributed by atoms with E-state index in [0.29, 0.717) is 31.2 Å². The highest BCUT2D eigenvalue weighted by Crippen LogP contribution is 2.33. The van der Waals surface area contributed by atoms with Gasteiger partial charge in [-0.15, -0.1) is 0 Å². The van der Waals surface area contributed by atoms with Gasteiger partial charge >= 0.3 is 0 Å². The van der Waals surface area contributed by atoms with Crippen LogP contribution in [0.25, 0.3) is 22.2 Å². The molecule has 7 nitrogen and oxygen atoms in total. The van der Waals surface area contributed by atoms with Crippen LogP contribution in [0.2, 0.25) is 0 Å². The van der Waals surface area contributed by atoms with Gasteiger partial charge in [0.05, 0.1) is 24.4 Å². The lowest BCUT2D eigenvalue weighted by Gasteiger charge is -2.42. The monoisotopic (exact) mass is 486 g/mol. The van der Waals surface area contributed by atoms with Gasteiger partial charge in [0.25, 0.3) is 0 Å². The van der Waals surface area contributed by atoms with E-state index in [2.05, 4.69) is 32.0 Å². The first-order valence-electron chi connectivity index (χ1n) is 12.1. The second-order valence-corrected chi connectivity index (χ2v) is 9.30. The van der Waals surface area contributed by atoms with Gasteiger partial charge in [0.15, 0.2) is 5.11 Å². The third-order valence-electron chi connectivity index (χ3n) is 6.62. The van der Waals surface area contributed by atoms with E-state index in [9.17, 15) is 4.79 Å². The summed E-state index contributed by atoms with van der Waals surface area (Å²) in [6.45, 7) is 1.86. The number of benzene rings is 2. The third kappa shape index (κ3) is 4.85. The second-order valence-electron chi connectivity index (χ2n) is 8.93. The van der Waals surface area contributed by atoms with Crippen LogP contribution >= 0.6 is 12.2 Å². The van der Waals surface area contributed by atoms with E-state index in [0.717, 1.165) is 52.8 Å². The molecule has 4 N–H and O–H groups in total. The van der Waals surface area contributed by atoms with E-state index in [-0.39, 0.29) is 11.9 Å². The van der Waals surface area contributed by atoms with Gasteiger partial charge in [-0.05, 0) is 48.8 Å². The van der Waals surface area contributed by atoms with Crippen molar-refractivity contribution in [2.24, 2.45) is 5.73 Å². The molecule has 35 heavy (non-hydrogen) atoms. The van der Waals surface area contributed by atoms with Gasteiger partial charge in [-0.3, -0.25) is 9.69 Å². The summed E-state index contributed by atoms with van der Waals surface area (Å²) >= 11 is 5.93. The molecule has 1 fully saturated rings. The van der Waals surface area contributed by atoms with E-state index < -0.39 is 0 Å². The van der Waals surface area contributed by atoms with Crippen LogP contribution in [0.5, 0.6) is 0 Å². The van der Waals surface area contributed by atoms with E-state index in [1.165, 1.54) is 0 Å². The zero-order valence-electron chi connectivity index (χ0n) is 19.6. The number of aromatic amines is 2. The van der Waals surface area contributed by atoms with Crippen molar-refractivity contribution in [3.8, 4) is 11.3 Å². The molecule has 1 saturated heterocycles. The van der Waals surface area contributed by atoms with Crippen LogP contribution in [0.4, 0.5) is 0 Å². The molecule has 1 unspecified atom stereocenters. The molecular weight excluding hydrogens is 456 g/mol. The predicted octanol–water partition coefficient (Wildman–Crippen LogP) is 4.75. The van der Waals surface area contributed by atoms with Crippen LogP contribution < -0.4 is 5.73 Å². The molecule has 180 valence electrons. The molecule has 5 rings (SSSR count). The van der Waals surface area contributed by atoms with Gasteiger partial charge in [-0.1, -0.05) is 55.0 Å². The molecule has 0 bridgehead atoms. The van der Waals surface area contributed by atoms with Gasteiger partial charge < -0.3 is 20.6 Å². The van der Waals surface area contributed by atoms with Gasteiger partial charge in [0.2, 0.25) is 5.91 Å². The van der Waals surface area contributed by atoms with Gasteiger partial charge in [-0.2, -0.15) is 0 Å². The minimum Gasteiger partial charge on any atom is -0.361 e. The largest absolute Gasteiger partial charge is 0.361 e. The lowest BCUT2D eigenvalue weighted by molar-refractivity contribution is -0.131. The number of carbonyl (C=O) groups is 1. The first kappa shape index (κ1) is 23.3. The Labute approximate surface area is 210 Å². The number of hydrogen-bond donors (Lipinski definition) is 3. The predicted molar refractivity (Wildman–Crippen MR) is 142 cm³/mol. The fourth-order valence-corrected chi connectivity index (χ4v) is 5.12. The van der Waals surface area contributed by atoms with Crippen molar-refractivity contribution >= 4 is 34.1 Å². The van der Waals surface area contributed by atoms with Gasteiger partial charge in [0.1, 0.15) is 5.82 Å². The number of nitrogens with two attached hydrogens (primary N) is 1. The number of unbranched alkanes of at least 4 members (excludes halogenated alkanes) is 2. The average molecular weight is 487 g/mol. The molecule has 1 amide bonds. The lowest BCUT2D eigenvalue weighted by Crippen LogP contribution is -2.53. The maximum atomic E-state index is 13.2. The lowest BCUT2D eigenvalue weighted by atomic mass is 10.1. The highest BCUT2D eigenvalue weighted by molar-refractivity contribution is 7.80. The zero-order valence-corrected chi connectivity index (χ0v) is 20.4. The highest BCUT2D eigenvalue weighted by atomic mass is 32.1. The number of thiocarbonyl (C=S) groups is 1. The Bertz CT molecular complexity index is 1310. The van der Waals surface area contributed by atoms with Crippen molar-refractivity contribution in [1.82, 2.24) is 24.8 Å². The summed E-state index contributed by atoms with van der Waals surface area (Å²) in [6, 6.07) is 18.1. The summed E-state index contributed by atoms with van der Waals surface area (Å²) < 4.78 is 0. The quantitative estimate of drug-likeness (QED) is 0.235. The van der Waals surface area contributed by atoms with Crippen molar-refractivity contribution in [2.45, 2.75) is 38.3 Å². The molecule has 1 aliphatic heterocycles. The number of hydrogen-bond acceptors (Lipinski definition) is 4. The SMILES string of the molecule is NCCCCCN1C(=O)CC(c2ncc(-c3ccccc3)[nH]2)N(Cc2c[nH]c3ccccc23)C1=S. The average Bonchev–Trinajstić information content (AvgIpc) is 3.53. The summed E-state index contributed by atoms with van der Waals surface area (Å²) in [7, 11) is 0. The fourth-order valence-electron chi connectivity index (χ4n) is 4.73. The standard InChI is InChI=1S/C27H30N6OS/c28-13-7-2-8-14-32-25(34)15-24(26-30-17-23(31-26)19-9-3-1-4-10-19)33(27(32)35)18-20-16-29-22-12-6-5-11-21(20)22/h1,3-6,9-12,16-17,24,29H,2,7-8,13-15,18,28H2,(H,30,31). The second kappa shape index (κ2) is 10.4. The number of amides is 1. The van der Waals surface area contributed by atoms with Crippen molar-refractivity contribution in [3.05, 3.63) is 78.4 Å². The molecular formula is C27H30N6OS. The van der Waals surface area contributed by atoms with Gasteiger partial charge in [0, 0.05) is 30.2 Å².